The van der Waals surface area contributed by atoms with Crippen LogP contribution in [0, 0.1) is 0 Å². The van der Waals surface area contributed by atoms with Crippen molar-refractivity contribution in [3.05, 3.63) is 35.7 Å². The van der Waals surface area contributed by atoms with Crippen LogP contribution in [0.4, 0.5) is 0 Å². The number of nitrogens with zero attached hydrogens (tertiary/aromatic N) is 1. The largest absolute Gasteiger partial charge is 0.348 e. The Labute approximate surface area is 119 Å². The van der Waals surface area contributed by atoms with Crippen molar-refractivity contribution >= 4 is 23.9 Å². The smallest absolute Gasteiger partial charge is 0.270 e. The van der Waals surface area contributed by atoms with Crippen LogP contribution in [-0.2, 0) is 0 Å². The Hall–Kier alpha value is -1.39. The normalized spacial score (nSPS) is 18.2. The van der Waals surface area contributed by atoms with Crippen LogP contribution in [0.1, 0.15) is 35.4 Å². The molecule has 2 aliphatic rings. The molecule has 0 spiro atoms. The number of halogens is 1. The minimum atomic E-state index is -0.0473. The Morgan fingerprint density at radius 3 is 2.89 bits per heavy atom. The van der Waals surface area contributed by atoms with Crippen LogP contribution in [0.2, 0.25) is 0 Å². The topological polar surface area (TPSA) is 54.0 Å². The first kappa shape index (κ1) is 14.0. The van der Waals surface area contributed by atoms with Gasteiger partial charge in [0.25, 0.3) is 5.91 Å². The number of aromatic nitrogens is 1. The van der Waals surface area contributed by atoms with Gasteiger partial charge in [-0.1, -0.05) is 12.1 Å². The van der Waals surface area contributed by atoms with Crippen LogP contribution in [0.25, 0.3) is 5.57 Å². The Morgan fingerprint density at radius 1 is 1.37 bits per heavy atom. The summed E-state index contributed by atoms with van der Waals surface area (Å²) in [4.78, 5) is 16.4. The van der Waals surface area contributed by atoms with Gasteiger partial charge in [0.05, 0.1) is 5.69 Å². The van der Waals surface area contributed by atoms with Crippen LogP contribution in [-0.4, -0.2) is 30.0 Å². The highest BCUT2D eigenvalue weighted by molar-refractivity contribution is 5.93. The van der Waals surface area contributed by atoms with Gasteiger partial charge in [-0.15, -0.1) is 12.4 Å². The van der Waals surface area contributed by atoms with Crippen LogP contribution in [0.5, 0.6) is 0 Å². The first-order valence-electron chi connectivity index (χ1n) is 6.51. The van der Waals surface area contributed by atoms with Gasteiger partial charge < -0.3 is 10.6 Å². The van der Waals surface area contributed by atoms with Crippen LogP contribution in [0.3, 0.4) is 0 Å². The lowest BCUT2D eigenvalue weighted by Gasteiger charge is -2.14. The molecule has 1 aromatic heterocycles. The predicted molar refractivity (Wildman–Crippen MR) is 77.4 cm³/mol. The van der Waals surface area contributed by atoms with E-state index in [1.807, 2.05) is 12.1 Å². The summed E-state index contributed by atoms with van der Waals surface area (Å²) in [6.45, 7) is 1.86. The van der Waals surface area contributed by atoms with Crippen molar-refractivity contribution in [3.63, 3.8) is 0 Å². The zero-order chi connectivity index (χ0) is 12.4. The monoisotopic (exact) mass is 279 g/mol. The number of amides is 1. The molecule has 19 heavy (non-hydrogen) atoms. The fraction of sp³-hybridized carbons (Fsp3) is 0.429. The van der Waals surface area contributed by atoms with E-state index >= 15 is 0 Å². The lowest BCUT2D eigenvalue weighted by atomic mass is 10.1. The first-order chi connectivity index (χ1) is 8.83. The zero-order valence-electron chi connectivity index (χ0n) is 10.7. The second kappa shape index (κ2) is 6.17. The van der Waals surface area contributed by atoms with Crippen molar-refractivity contribution in [3.8, 4) is 0 Å². The summed E-state index contributed by atoms with van der Waals surface area (Å²) in [6.07, 6.45) is 5.32. The Bertz CT molecular complexity index is 497. The molecule has 3 rings (SSSR count). The highest BCUT2D eigenvalue weighted by atomic mass is 35.5. The maximum Gasteiger partial charge on any atom is 0.270 e. The van der Waals surface area contributed by atoms with E-state index in [1.165, 1.54) is 5.57 Å². The lowest BCUT2D eigenvalue weighted by Crippen LogP contribution is -2.26. The minimum absolute atomic E-state index is 0. The lowest BCUT2D eigenvalue weighted by molar-refractivity contribution is 0.0946. The van der Waals surface area contributed by atoms with Crippen LogP contribution in [0.15, 0.2) is 24.3 Å². The van der Waals surface area contributed by atoms with Crippen molar-refractivity contribution < 1.29 is 4.79 Å². The maximum atomic E-state index is 11.9. The van der Waals surface area contributed by atoms with E-state index < -0.39 is 0 Å². The van der Waals surface area contributed by atoms with E-state index in [-0.39, 0.29) is 18.3 Å². The van der Waals surface area contributed by atoms with Gasteiger partial charge in [-0.05, 0) is 43.5 Å². The van der Waals surface area contributed by atoms with Gasteiger partial charge >= 0.3 is 0 Å². The average molecular weight is 280 g/mol. The number of pyridine rings is 1. The molecule has 0 bridgehead atoms. The quantitative estimate of drug-likeness (QED) is 0.887. The van der Waals surface area contributed by atoms with Crippen molar-refractivity contribution in [1.82, 2.24) is 15.6 Å². The Balaban J connectivity index is 0.00000133. The summed E-state index contributed by atoms with van der Waals surface area (Å²) in [6, 6.07) is 6.04. The Kier molecular flexibility index (Phi) is 4.56. The van der Waals surface area contributed by atoms with Gasteiger partial charge in [0, 0.05) is 12.6 Å². The number of carbonyl (C=O) groups excluding carboxylic acids is 1. The van der Waals surface area contributed by atoms with Crippen molar-refractivity contribution in [2.24, 2.45) is 0 Å². The SMILES string of the molecule is Cl.O=C(NC1CC1)c1cccc(C2=CCNCC2)n1. The molecule has 1 saturated carbocycles. The molecule has 0 saturated heterocycles. The molecule has 2 N–H and O–H groups in total. The number of rotatable bonds is 3. The Morgan fingerprint density at radius 2 is 2.21 bits per heavy atom. The third kappa shape index (κ3) is 3.55. The summed E-state index contributed by atoms with van der Waals surface area (Å²) >= 11 is 0. The number of carbonyl (C=O) groups is 1. The highest BCUT2D eigenvalue weighted by Gasteiger charge is 2.24. The third-order valence-corrected chi connectivity index (χ3v) is 3.29. The predicted octanol–water partition coefficient (Wildman–Crippen LogP) is 1.77. The molecule has 1 aliphatic carbocycles. The summed E-state index contributed by atoms with van der Waals surface area (Å²) < 4.78 is 0. The molecule has 4 nitrogen and oxygen atoms in total. The van der Waals surface area contributed by atoms with Crippen molar-refractivity contribution in [2.75, 3.05) is 13.1 Å². The second-order valence-electron chi connectivity index (χ2n) is 4.84. The maximum absolute atomic E-state index is 11.9. The standard InChI is InChI=1S/C14H17N3O.ClH/c18-14(16-11-4-5-11)13-3-1-2-12(17-13)10-6-8-15-9-7-10;/h1-3,6,11,15H,4-5,7-9H2,(H,16,18);1H. The molecule has 0 atom stereocenters. The summed E-state index contributed by atoms with van der Waals surface area (Å²) in [5, 5.41) is 6.24. The average Bonchev–Trinajstić information content (AvgIpc) is 3.24. The fourth-order valence-corrected chi connectivity index (χ4v) is 2.08. The molecule has 1 amide bonds. The van der Waals surface area contributed by atoms with Gasteiger partial charge in [-0.25, -0.2) is 4.98 Å². The van der Waals surface area contributed by atoms with E-state index in [0.29, 0.717) is 11.7 Å². The van der Waals surface area contributed by atoms with Crippen molar-refractivity contribution in [1.29, 1.82) is 0 Å². The van der Waals surface area contributed by atoms with Gasteiger partial charge in [0.1, 0.15) is 5.69 Å². The number of hydrogen-bond donors (Lipinski definition) is 2. The molecular weight excluding hydrogens is 262 g/mol. The first-order valence-corrected chi connectivity index (χ1v) is 6.51. The van der Waals surface area contributed by atoms with Gasteiger partial charge in [0.15, 0.2) is 0 Å². The van der Waals surface area contributed by atoms with Crippen LogP contribution >= 0.6 is 12.4 Å². The van der Waals surface area contributed by atoms with Crippen molar-refractivity contribution in [2.45, 2.75) is 25.3 Å². The van der Waals surface area contributed by atoms with Crippen LogP contribution < -0.4 is 10.6 Å². The molecule has 2 heterocycles. The number of nitrogens with one attached hydrogen (secondary N) is 2. The summed E-state index contributed by atoms with van der Waals surface area (Å²) in [5.41, 5.74) is 2.69. The molecule has 0 aromatic carbocycles. The fourth-order valence-electron chi connectivity index (χ4n) is 2.08. The summed E-state index contributed by atoms with van der Waals surface area (Å²) in [7, 11) is 0. The third-order valence-electron chi connectivity index (χ3n) is 3.29. The zero-order valence-corrected chi connectivity index (χ0v) is 11.5. The van der Waals surface area contributed by atoms with E-state index in [2.05, 4.69) is 21.7 Å². The molecule has 102 valence electrons. The van der Waals surface area contributed by atoms with E-state index in [1.54, 1.807) is 6.07 Å². The number of hydrogen-bond acceptors (Lipinski definition) is 3. The van der Waals surface area contributed by atoms with E-state index in [0.717, 1.165) is 38.0 Å². The van der Waals surface area contributed by atoms with E-state index in [9.17, 15) is 4.79 Å². The van der Waals surface area contributed by atoms with Gasteiger partial charge in [-0.2, -0.15) is 0 Å². The summed E-state index contributed by atoms with van der Waals surface area (Å²) in [5.74, 6) is -0.0473. The molecule has 1 fully saturated rings. The highest BCUT2D eigenvalue weighted by Crippen LogP contribution is 2.20. The van der Waals surface area contributed by atoms with E-state index in [4.69, 9.17) is 0 Å². The molecule has 1 aliphatic heterocycles. The molecular formula is C14H18ClN3O. The molecule has 0 unspecified atom stereocenters. The molecule has 0 radical (unpaired) electrons. The molecule has 1 aromatic rings. The minimum Gasteiger partial charge on any atom is -0.348 e. The van der Waals surface area contributed by atoms with Gasteiger partial charge in [-0.3, -0.25) is 4.79 Å². The second-order valence-corrected chi connectivity index (χ2v) is 4.84. The van der Waals surface area contributed by atoms with Gasteiger partial charge in [0.2, 0.25) is 0 Å². The molecule has 5 heteroatoms.